The average Bonchev–Trinajstić information content (AvgIpc) is 2.45. The molecule has 0 saturated carbocycles. The fourth-order valence-corrected chi connectivity index (χ4v) is 1.81. The molecule has 0 aliphatic heterocycles. The molecule has 0 radical (unpaired) electrons. The highest BCUT2D eigenvalue weighted by atomic mass is 16.6. The Morgan fingerprint density at radius 3 is 2.40 bits per heavy atom. The van der Waals surface area contributed by atoms with Crippen LogP contribution in [0.1, 0.15) is 11.1 Å². The second kappa shape index (κ2) is 5.79. The third-order valence-corrected chi connectivity index (χ3v) is 2.74. The first kappa shape index (κ1) is 13.5. The lowest BCUT2D eigenvalue weighted by atomic mass is 10.0. The van der Waals surface area contributed by atoms with Gasteiger partial charge in [0.2, 0.25) is 5.91 Å². The lowest BCUT2D eigenvalue weighted by Gasteiger charge is -2.04. The molecule has 5 heteroatoms. The van der Waals surface area contributed by atoms with Crippen LogP contribution in [0.25, 0.3) is 11.6 Å². The largest absolute Gasteiger partial charge is 0.366 e. The van der Waals surface area contributed by atoms with Crippen molar-refractivity contribution in [2.45, 2.75) is 0 Å². The maximum absolute atomic E-state index is 11.5. The van der Waals surface area contributed by atoms with Crippen molar-refractivity contribution in [3.05, 3.63) is 75.8 Å². The lowest BCUT2D eigenvalue weighted by molar-refractivity contribution is -0.384. The number of hydrogen-bond donors (Lipinski definition) is 1. The number of benzene rings is 2. The van der Waals surface area contributed by atoms with Crippen LogP contribution in [0.3, 0.4) is 0 Å². The number of amides is 1. The summed E-state index contributed by atoms with van der Waals surface area (Å²) in [6.45, 7) is 0. The maximum Gasteiger partial charge on any atom is 0.270 e. The number of nitro benzene ring substituents is 1. The molecule has 1 amide bonds. The maximum atomic E-state index is 11.5. The molecule has 0 bridgehead atoms. The van der Waals surface area contributed by atoms with E-state index < -0.39 is 10.8 Å². The Morgan fingerprint density at radius 1 is 1.10 bits per heavy atom. The van der Waals surface area contributed by atoms with E-state index in [1.807, 2.05) is 6.07 Å². The van der Waals surface area contributed by atoms with Gasteiger partial charge in [-0.2, -0.15) is 0 Å². The number of nitrogens with zero attached hydrogens (tertiary/aromatic N) is 1. The SMILES string of the molecule is NC(=O)/C(=C\c1cccc([N+](=O)[O-])c1)c1ccccc1. The van der Waals surface area contributed by atoms with Crippen LogP contribution >= 0.6 is 0 Å². The number of rotatable bonds is 4. The summed E-state index contributed by atoms with van der Waals surface area (Å²) < 4.78 is 0. The Morgan fingerprint density at radius 2 is 1.80 bits per heavy atom. The predicted octanol–water partition coefficient (Wildman–Crippen LogP) is 2.62. The van der Waals surface area contributed by atoms with Crippen LogP contribution < -0.4 is 5.73 Å². The Kier molecular flexibility index (Phi) is 3.91. The summed E-state index contributed by atoms with van der Waals surface area (Å²) in [5.41, 5.74) is 6.88. The third kappa shape index (κ3) is 3.08. The van der Waals surface area contributed by atoms with Crippen molar-refractivity contribution in [1.82, 2.24) is 0 Å². The van der Waals surface area contributed by atoms with Gasteiger partial charge in [0.05, 0.1) is 4.92 Å². The van der Waals surface area contributed by atoms with Crippen LogP contribution in [0, 0.1) is 10.1 Å². The monoisotopic (exact) mass is 268 g/mol. The summed E-state index contributed by atoms with van der Waals surface area (Å²) >= 11 is 0. The molecule has 0 aliphatic rings. The molecule has 5 nitrogen and oxygen atoms in total. The molecule has 0 spiro atoms. The van der Waals surface area contributed by atoms with Crippen molar-refractivity contribution in [3.63, 3.8) is 0 Å². The smallest absolute Gasteiger partial charge is 0.270 e. The molecular weight excluding hydrogens is 256 g/mol. The zero-order valence-electron chi connectivity index (χ0n) is 10.5. The first-order valence-corrected chi connectivity index (χ1v) is 5.89. The normalized spacial score (nSPS) is 11.1. The van der Waals surface area contributed by atoms with E-state index in [4.69, 9.17) is 5.73 Å². The van der Waals surface area contributed by atoms with Gasteiger partial charge in [-0.1, -0.05) is 42.5 Å². The van der Waals surface area contributed by atoms with E-state index in [9.17, 15) is 14.9 Å². The summed E-state index contributed by atoms with van der Waals surface area (Å²) in [6, 6.07) is 15.0. The van der Waals surface area contributed by atoms with Gasteiger partial charge in [0, 0.05) is 17.7 Å². The fraction of sp³-hybridized carbons (Fsp3) is 0. The summed E-state index contributed by atoms with van der Waals surface area (Å²) in [5, 5.41) is 10.7. The van der Waals surface area contributed by atoms with Crippen molar-refractivity contribution in [2.75, 3.05) is 0 Å². The van der Waals surface area contributed by atoms with Crippen molar-refractivity contribution in [3.8, 4) is 0 Å². The van der Waals surface area contributed by atoms with Crippen LogP contribution in [0.2, 0.25) is 0 Å². The third-order valence-electron chi connectivity index (χ3n) is 2.74. The van der Waals surface area contributed by atoms with E-state index in [-0.39, 0.29) is 5.69 Å². The predicted molar refractivity (Wildman–Crippen MR) is 76.6 cm³/mol. The molecule has 2 aromatic rings. The van der Waals surface area contributed by atoms with Crippen LogP contribution in [0.5, 0.6) is 0 Å². The minimum absolute atomic E-state index is 0.0318. The van der Waals surface area contributed by atoms with Crippen molar-refractivity contribution >= 4 is 23.2 Å². The second-order valence-corrected chi connectivity index (χ2v) is 4.14. The fourth-order valence-electron chi connectivity index (χ4n) is 1.81. The van der Waals surface area contributed by atoms with E-state index in [1.54, 1.807) is 42.5 Å². The molecular formula is C15H12N2O3. The van der Waals surface area contributed by atoms with E-state index in [1.165, 1.54) is 12.1 Å². The molecule has 2 aromatic carbocycles. The number of nitrogens with two attached hydrogens (primary N) is 1. The Labute approximate surface area is 115 Å². The molecule has 0 atom stereocenters. The van der Waals surface area contributed by atoms with Crippen LogP contribution in [-0.4, -0.2) is 10.8 Å². The Hall–Kier alpha value is -2.95. The Balaban J connectivity index is 2.47. The zero-order chi connectivity index (χ0) is 14.5. The van der Waals surface area contributed by atoms with Crippen molar-refractivity contribution in [1.29, 1.82) is 0 Å². The highest BCUT2D eigenvalue weighted by Gasteiger charge is 2.09. The number of primary amides is 1. The average molecular weight is 268 g/mol. The van der Waals surface area contributed by atoms with E-state index in [2.05, 4.69) is 0 Å². The molecule has 0 aromatic heterocycles. The first-order valence-electron chi connectivity index (χ1n) is 5.89. The minimum atomic E-state index is -0.581. The van der Waals surface area contributed by atoms with Crippen LogP contribution in [-0.2, 0) is 4.79 Å². The number of hydrogen-bond acceptors (Lipinski definition) is 3. The molecule has 0 aliphatic carbocycles. The summed E-state index contributed by atoms with van der Waals surface area (Å²) in [7, 11) is 0. The molecule has 20 heavy (non-hydrogen) atoms. The van der Waals surface area contributed by atoms with Gasteiger partial charge in [0.1, 0.15) is 0 Å². The Bertz CT molecular complexity index is 679. The highest BCUT2D eigenvalue weighted by Crippen LogP contribution is 2.20. The molecule has 0 heterocycles. The van der Waals surface area contributed by atoms with Gasteiger partial charge in [0.25, 0.3) is 5.69 Å². The van der Waals surface area contributed by atoms with Crippen LogP contribution in [0.4, 0.5) is 5.69 Å². The number of non-ortho nitro benzene ring substituents is 1. The van der Waals surface area contributed by atoms with Crippen molar-refractivity contribution < 1.29 is 9.72 Å². The molecule has 2 rings (SSSR count). The first-order chi connectivity index (χ1) is 9.58. The zero-order valence-corrected chi connectivity index (χ0v) is 10.5. The summed E-state index contributed by atoms with van der Waals surface area (Å²) in [5.74, 6) is -0.581. The number of carbonyl (C=O) groups excluding carboxylic acids is 1. The molecule has 2 N–H and O–H groups in total. The van der Waals surface area contributed by atoms with Crippen LogP contribution in [0.15, 0.2) is 54.6 Å². The standard InChI is InChI=1S/C15H12N2O3/c16-15(18)14(12-6-2-1-3-7-12)10-11-5-4-8-13(9-11)17(19)20/h1-10H,(H2,16,18)/b14-10-. The molecule has 100 valence electrons. The minimum Gasteiger partial charge on any atom is -0.366 e. The number of carbonyl (C=O) groups is 1. The second-order valence-electron chi connectivity index (χ2n) is 4.14. The van der Waals surface area contributed by atoms with Crippen molar-refractivity contribution in [2.24, 2.45) is 5.73 Å². The van der Waals surface area contributed by atoms with Gasteiger partial charge in [-0.25, -0.2) is 0 Å². The molecule has 0 saturated heterocycles. The van der Waals surface area contributed by atoms with Gasteiger partial charge in [-0.15, -0.1) is 0 Å². The molecule has 0 unspecified atom stereocenters. The highest BCUT2D eigenvalue weighted by molar-refractivity contribution is 6.23. The summed E-state index contributed by atoms with van der Waals surface area (Å²) in [6.07, 6.45) is 1.55. The topological polar surface area (TPSA) is 86.2 Å². The van der Waals surface area contributed by atoms with Gasteiger partial charge in [-0.05, 0) is 17.2 Å². The van der Waals surface area contributed by atoms with Gasteiger partial charge < -0.3 is 5.73 Å². The molecule has 0 fully saturated rings. The van der Waals surface area contributed by atoms with Gasteiger partial charge >= 0.3 is 0 Å². The summed E-state index contributed by atoms with van der Waals surface area (Å²) in [4.78, 5) is 21.8. The lowest BCUT2D eigenvalue weighted by Crippen LogP contribution is -2.12. The quantitative estimate of drug-likeness (QED) is 0.400. The number of nitro groups is 1. The van der Waals surface area contributed by atoms with Gasteiger partial charge in [0.15, 0.2) is 0 Å². The van der Waals surface area contributed by atoms with E-state index >= 15 is 0 Å². The van der Waals surface area contributed by atoms with E-state index in [0.29, 0.717) is 16.7 Å². The van der Waals surface area contributed by atoms with E-state index in [0.717, 1.165) is 0 Å². The van der Waals surface area contributed by atoms with Gasteiger partial charge in [-0.3, -0.25) is 14.9 Å².